The van der Waals surface area contributed by atoms with Crippen molar-refractivity contribution in [2.45, 2.75) is 39.8 Å². The number of nitrogens with one attached hydrogen (secondary N) is 2. The molecular formula is C25H32N8O2S. The molecule has 2 aliphatic rings. The van der Waals surface area contributed by atoms with Gasteiger partial charge in [-0.3, -0.25) is 15.2 Å². The van der Waals surface area contributed by atoms with Gasteiger partial charge in [-0.2, -0.15) is 4.98 Å². The first-order chi connectivity index (χ1) is 17.5. The number of aryl methyl sites for hydroxylation is 1. The Bertz CT molecular complexity index is 1210. The fraction of sp³-hybridized carbons (Fsp3) is 0.480. The van der Waals surface area contributed by atoms with Crippen molar-refractivity contribution >= 4 is 34.2 Å². The van der Waals surface area contributed by atoms with E-state index in [1.54, 1.807) is 13.1 Å². The molecule has 0 aromatic carbocycles. The van der Waals surface area contributed by atoms with Crippen LogP contribution in [0.5, 0.6) is 0 Å². The van der Waals surface area contributed by atoms with Crippen LogP contribution in [0.15, 0.2) is 24.5 Å². The number of esters is 1. The number of pyridine rings is 1. The maximum Gasteiger partial charge on any atom is 0.350 e. The van der Waals surface area contributed by atoms with Gasteiger partial charge >= 0.3 is 5.97 Å². The van der Waals surface area contributed by atoms with Crippen LogP contribution in [0.3, 0.4) is 0 Å². The SMILES string of the molecule is CCOC(=O)c1sc(Nc2nc3c(c(N4CCNCC4)n2)CCN(C(C)c2cccnc2)C3)nc1C. The first-order valence-electron chi connectivity index (χ1n) is 12.4. The molecule has 2 aliphatic heterocycles. The lowest BCUT2D eigenvalue weighted by molar-refractivity contribution is 0.0531. The van der Waals surface area contributed by atoms with E-state index in [4.69, 9.17) is 14.7 Å². The molecule has 190 valence electrons. The van der Waals surface area contributed by atoms with Gasteiger partial charge in [0.1, 0.15) is 10.7 Å². The average molecular weight is 509 g/mol. The summed E-state index contributed by atoms with van der Waals surface area (Å²) in [4.78, 5) is 36.3. The van der Waals surface area contributed by atoms with Crippen LogP contribution in [0.1, 0.15) is 52.1 Å². The number of hydrogen-bond donors (Lipinski definition) is 2. The Morgan fingerprint density at radius 1 is 1.25 bits per heavy atom. The highest BCUT2D eigenvalue weighted by atomic mass is 32.1. The van der Waals surface area contributed by atoms with Gasteiger partial charge in [-0.15, -0.1) is 0 Å². The van der Waals surface area contributed by atoms with Crippen molar-refractivity contribution in [3.8, 4) is 0 Å². The van der Waals surface area contributed by atoms with Gasteiger partial charge < -0.3 is 15.0 Å². The molecular weight excluding hydrogens is 476 g/mol. The van der Waals surface area contributed by atoms with Crippen molar-refractivity contribution in [2.75, 3.05) is 49.5 Å². The third-order valence-corrected chi connectivity index (χ3v) is 7.73. The zero-order valence-corrected chi connectivity index (χ0v) is 21.8. The normalized spacial score (nSPS) is 16.9. The Morgan fingerprint density at radius 2 is 2.08 bits per heavy atom. The molecule has 0 radical (unpaired) electrons. The van der Waals surface area contributed by atoms with Gasteiger partial charge in [0.25, 0.3) is 0 Å². The minimum Gasteiger partial charge on any atom is -0.462 e. The zero-order chi connectivity index (χ0) is 25.1. The first kappa shape index (κ1) is 24.5. The molecule has 0 spiro atoms. The second-order valence-electron chi connectivity index (χ2n) is 8.99. The van der Waals surface area contributed by atoms with Crippen molar-refractivity contribution in [2.24, 2.45) is 0 Å². The maximum absolute atomic E-state index is 12.3. The quantitative estimate of drug-likeness (QED) is 0.462. The van der Waals surface area contributed by atoms with E-state index in [1.165, 1.54) is 22.5 Å². The summed E-state index contributed by atoms with van der Waals surface area (Å²) in [7, 11) is 0. The molecule has 3 aromatic rings. The predicted molar refractivity (Wildman–Crippen MR) is 140 cm³/mol. The highest BCUT2D eigenvalue weighted by molar-refractivity contribution is 7.17. The minimum atomic E-state index is -0.353. The molecule has 5 rings (SSSR count). The second kappa shape index (κ2) is 10.9. The molecule has 10 nitrogen and oxygen atoms in total. The molecule has 1 fully saturated rings. The number of rotatable bonds is 7. The number of fused-ring (bicyclic) bond motifs is 1. The Hall–Kier alpha value is -3.15. The van der Waals surface area contributed by atoms with Crippen LogP contribution in [0.25, 0.3) is 0 Å². The third kappa shape index (κ3) is 5.18. The smallest absolute Gasteiger partial charge is 0.350 e. The third-order valence-electron chi connectivity index (χ3n) is 6.68. The molecule has 5 heterocycles. The van der Waals surface area contributed by atoms with Gasteiger partial charge in [0.05, 0.1) is 18.0 Å². The molecule has 11 heteroatoms. The summed E-state index contributed by atoms with van der Waals surface area (Å²) >= 11 is 1.27. The monoisotopic (exact) mass is 508 g/mol. The molecule has 3 aromatic heterocycles. The van der Waals surface area contributed by atoms with E-state index >= 15 is 0 Å². The van der Waals surface area contributed by atoms with Gasteiger partial charge in [-0.25, -0.2) is 14.8 Å². The average Bonchev–Trinajstić information content (AvgIpc) is 3.28. The van der Waals surface area contributed by atoms with Crippen molar-refractivity contribution in [3.63, 3.8) is 0 Å². The van der Waals surface area contributed by atoms with E-state index in [0.717, 1.165) is 57.2 Å². The number of ether oxygens (including phenoxy) is 1. The highest BCUT2D eigenvalue weighted by Crippen LogP contribution is 2.33. The predicted octanol–water partition coefficient (Wildman–Crippen LogP) is 3.09. The number of carbonyl (C=O) groups is 1. The maximum atomic E-state index is 12.3. The second-order valence-corrected chi connectivity index (χ2v) is 9.99. The molecule has 2 N–H and O–H groups in total. The molecule has 0 amide bonds. The molecule has 36 heavy (non-hydrogen) atoms. The Morgan fingerprint density at radius 3 is 2.83 bits per heavy atom. The first-order valence-corrected chi connectivity index (χ1v) is 13.3. The molecule has 0 bridgehead atoms. The van der Waals surface area contributed by atoms with E-state index < -0.39 is 0 Å². The molecule has 0 saturated carbocycles. The Kier molecular flexibility index (Phi) is 7.40. The number of hydrogen-bond acceptors (Lipinski definition) is 11. The van der Waals surface area contributed by atoms with E-state index in [0.29, 0.717) is 28.3 Å². The Balaban J connectivity index is 1.45. The number of piperazine rings is 1. The lowest BCUT2D eigenvalue weighted by atomic mass is 10.0. The number of nitrogens with zero attached hydrogens (tertiary/aromatic N) is 6. The number of anilines is 3. The summed E-state index contributed by atoms with van der Waals surface area (Å²) in [5, 5.41) is 7.28. The van der Waals surface area contributed by atoms with Crippen LogP contribution in [-0.2, 0) is 17.7 Å². The molecule has 1 atom stereocenters. The topological polar surface area (TPSA) is 108 Å². The van der Waals surface area contributed by atoms with Crippen LogP contribution >= 0.6 is 11.3 Å². The van der Waals surface area contributed by atoms with Crippen LogP contribution in [-0.4, -0.2) is 70.1 Å². The van der Waals surface area contributed by atoms with Gasteiger partial charge in [0.2, 0.25) is 5.95 Å². The van der Waals surface area contributed by atoms with Crippen molar-refractivity contribution < 1.29 is 9.53 Å². The fourth-order valence-electron chi connectivity index (χ4n) is 4.72. The summed E-state index contributed by atoms with van der Waals surface area (Å²) in [6.45, 7) is 11.5. The van der Waals surface area contributed by atoms with Crippen LogP contribution in [0, 0.1) is 6.92 Å². The number of thiazole rings is 1. The summed E-state index contributed by atoms with van der Waals surface area (Å²) in [6, 6.07) is 4.34. The minimum absolute atomic E-state index is 0.231. The highest BCUT2D eigenvalue weighted by Gasteiger charge is 2.29. The van der Waals surface area contributed by atoms with Crippen LogP contribution in [0.2, 0.25) is 0 Å². The summed E-state index contributed by atoms with van der Waals surface area (Å²) in [5.41, 5.74) is 4.08. The zero-order valence-electron chi connectivity index (χ0n) is 21.0. The van der Waals surface area contributed by atoms with E-state index in [9.17, 15) is 4.79 Å². The number of aromatic nitrogens is 4. The van der Waals surface area contributed by atoms with Crippen molar-refractivity contribution in [1.82, 2.24) is 30.2 Å². The lowest BCUT2D eigenvalue weighted by Crippen LogP contribution is -2.45. The summed E-state index contributed by atoms with van der Waals surface area (Å²) in [6.07, 6.45) is 4.63. The van der Waals surface area contributed by atoms with Crippen LogP contribution < -0.4 is 15.5 Å². The van der Waals surface area contributed by atoms with Gasteiger partial charge in [-0.05, 0) is 38.8 Å². The van der Waals surface area contributed by atoms with E-state index in [2.05, 4.69) is 43.4 Å². The number of carbonyl (C=O) groups excluding carboxylic acids is 1. The molecule has 0 aliphatic carbocycles. The van der Waals surface area contributed by atoms with E-state index in [-0.39, 0.29) is 12.0 Å². The summed E-state index contributed by atoms with van der Waals surface area (Å²) < 4.78 is 5.17. The molecule has 1 unspecified atom stereocenters. The Labute approximate surface area is 215 Å². The molecule has 1 saturated heterocycles. The van der Waals surface area contributed by atoms with Crippen molar-refractivity contribution in [3.05, 3.63) is 51.9 Å². The lowest BCUT2D eigenvalue weighted by Gasteiger charge is -2.36. The van der Waals surface area contributed by atoms with Crippen LogP contribution in [0.4, 0.5) is 16.9 Å². The fourth-order valence-corrected chi connectivity index (χ4v) is 5.57. The standard InChI is InChI=1S/C25H32N8O2S/c1-4-35-23(34)21-16(2)28-25(36-21)31-24-29-20-15-33(17(3)18-6-5-8-27-14-18)11-7-19(20)22(30-24)32-12-9-26-10-13-32/h5-6,8,14,17,26H,4,7,9-13,15H2,1-3H3,(H,28,29,30,31). The van der Waals surface area contributed by atoms with Crippen molar-refractivity contribution in [1.29, 1.82) is 0 Å². The van der Waals surface area contributed by atoms with E-state index in [1.807, 2.05) is 19.2 Å². The van der Waals surface area contributed by atoms with Gasteiger partial charge in [0.15, 0.2) is 5.13 Å². The largest absolute Gasteiger partial charge is 0.462 e. The van der Waals surface area contributed by atoms with Gasteiger partial charge in [0, 0.05) is 63.3 Å². The van der Waals surface area contributed by atoms with Gasteiger partial charge in [-0.1, -0.05) is 17.4 Å². The summed E-state index contributed by atoms with van der Waals surface area (Å²) in [5.74, 6) is 1.15.